The molecule has 0 amide bonds. The average molecular weight is 1520 g/mol. The number of aryl methyl sites for hydroxylation is 4. The molecule has 0 aliphatic heterocycles. The lowest BCUT2D eigenvalue weighted by Crippen LogP contribution is -1.93. The molecule has 107 heavy (non-hydrogen) atoms. The number of rotatable bonds is 55. The summed E-state index contributed by atoms with van der Waals surface area (Å²) >= 11 is 7.86. The van der Waals surface area contributed by atoms with Crippen LogP contribution in [0.4, 0.5) is 0 Å². The van der Waals surface area contributed by atoms with Crippen molar-refractivity contribution in [3.63, 3.8) is 0 Å². The Morgan fingerprint density at radius 2 is 0.355 bits per heavy atom. The first kappa shape index (κ1) is 92.2. The zero-order chi connectivity index (χ0) is 75.9. The molecule has 8 nitrogen and oxygen atoms in total. The third-order valence-electron chi connectivity index (χ3n) is 19.3. The highest BCUT2D eigenvalue weighted by Gasteiger charge is 2.09. The maximum absolute atomic E-state index is 4.59. The molecule has 8 aromatic rings. The molecule has 4 aromatic heterocycles. The number of hydrogen-bond acceptors (Lipinski definition) is 12. The Morgan fingerprint density at radius 1 is 0.178 bits per heavy atom. The van der Waals surface area contributed by atoms with Crippen LogP contribution in [0, 0.1) is 0 Å². The summed E-state index contributed by atoms with van der Waals surface area (Å²) in [6, 6.07) is 34.8. The second-order valence-electron chi connectivity index (χ2n) is 29.1. The van der Waals surface area contributed by atoms with E-state index >= 15 is 0 Å². The van der Waals surface area contributed by atoms with E-state index in [1.807, 2.05) is 96.6 Å². The molecule has 0 bridgehead atoms. The van der Waals surface area contributed by atoms with Crippen LogP contribution in [0.5, 0.6) is 0 Å². The number of nitrogens with zero attached hydrogens (tertiary/aromatic N) is 8. The Kier molecular flexibility index (Phi) is 54.5. The SMILES string of the molecule is CCCCCCCCCSc1ccc(-c2ncc(CCC)cn2)cc1.CCCCCCCCCSc1ccc(-c2ncc(CCCC)cn2)cc1.CCCCCCCCCSc1ccc(-c2ncc(CCCCC)cn2)cc1.CCCCCCCCCSc1ccc(-c2ncc(CCCCCCC)cn2)cc1. The summed E-state index contributed by atoms with van der Waals surface area (Å²) in [5.74, 6) is 8.19. The average Bonchev–Trinajstić information content (AvgIpc) is 0.877. The number of aromatic nitrogens is 8. The van der Waals surface area contributed by atoms with Crippen LogP contribution < -0.4 is 0 Å². The van der Waals surface area contributed by atoms with Gasteiger partial charge in [0.2, 0.25) is 0 Å². The van der Waals surface area contributed by atoms with Crippen molar-refractivity contribution in [3.05, 3.63) is 169 Å². The highest BCUT2D eigenvalue weighted by atomic mass is 32.2. The Morgan fingerprint density at radius 3 is 0.579 bits per heavy atom. The molecule has 0 aliphatic rings. The normalized spacial score (nSPS) is 11.0. The van der Waals surface area contributed by atoms with Gasteiger partial charge in [0.15, 0.2) is 23.3 Å². The van der Waals surface area contributed by atoms with E-state index in [0.29, 0.717) is 0 Å². The number of benzene rings is 4. The number of thioether (sulfide) groups is 4. The molecule has 0 atom stereocenters. The van der Waals surface area contributed by atoms with E-state index < -0.39 is 0 Å². The summed E-state index contributed by atoms with van der Waals surface area (Å²) in [5, 5.41) is 0. The lowest BCUT2D eigenvalue weighted by Gasteiger charge is -2.05. The molecule has 0 saturated carbocycles. The molecule has 0 aliphatic carbocycles. The molecule has 4 aromatic carbocycles. The van der Waals surface area contributed by atoms with E-state index in [4.69, 9.17) is 0 Å². The van der Waals surface area contributed by atoms with Gasteiger partial charge in [-0.3, -0.25) is 0 Å². The molecule has 0 saturated heterocycles. The predicted molar refractivity (Wildman–Crippen MR) is 473 cm³/mol. The van der Waals surface area contributed by atoms with Crippen molar-refractivity contribution in [2.75, 3.05) is 23.0 Å². The van der Waals surface area contributed by atoms with Crippen LogP contribution in [-0.4, -0.2) is 62.9 Å². The molecule has 586 valence electrons. The summed E-state index contributed by atoms with van der Waals surface area (Å²) in [7, 11) is 0. The van der Waals surface area contributed by atoms with Gasteiger partial charge in [0.05, 0.1) is 0 Å². The summed E-state index contributed by atoms with van der Waals surface area (Å²) in [6.07, 6.45) is 72.5. The zero-order valence-electron chi connectivity index (χ0n) is 68.3. The van der Waals surface area contributed by atoms with Crippen molar-refractivity contribution < 1.29 is 0 Å². The first-order valence-electron chi connectivity index (χ1n) is 43.0. The van der Waals surface area contributed by atoms with Crippen LogP contribution in [0.1, 0.15) is 328 Å². The maximum atomic E-state index is 4.59. The Hall–Kier alpha value is -5.40. The van der Waals surface area contributed by atoms with Crippen LogP contribution in [0.3, 0.4) is 0 Å². The predicted octanol–water partition coefficient (Wildman–Crippen LogP) is 30.5. The van der Waals surface area contributed by atoms with E-state index in [2.05, 4.69) is 192 Å². The van der Waals surface area contributed by atoms with E-state index in [9.17, 15) is 0 Å². The van der Waals surface area contributed by atoms with Crippen LogP contribution in [0.15, 0.2) is 166 Å². The molecule has 4 heterocycles. The molecular formula is C95H142N8S4. The summed E-state index contributed by atoms with van der Waals surface area (Å²) in [6.45, 7) is 18.0. The smallest absolute Gasteiger partial charge is 0.159 e. The van der Waals surface area contributed by atoms with Crippen molar-refractivity contribution in [2.45, 2.75) is 351 Å². The van der Waals surface area contributed by atoms with Crippen LogP contribution in [0.2, 0.25) is 0 Å². The van der Waals surface area contributed by atoms with E-state index in [1.54, 1.807) is 0 Å². The van der Waals surface area contributed by atoms with Gasteiger partial charge in [-0.05, 0) is 164 Å². The van der Waals surface area contributed by atoms with Crippen LogP contribution in [-0.2, 0) is 25.7 Å². The van der Waals surface area contributed by atoms with E-state index in [1.165, 1.54) is 309 Å². The van der Waals surface area contributed by atoms with Crippen molar-refractivity contribution in [1.82, 2.24) is 39.9 Å². The van der Waals surface area contributed by atoms with Gasteiger partial charge >= 0.3 is 0 Å². The van der Waals surface area contributed by atoms with Crippen LogP contribution in [0.25, 0.3) is 45.6 Å². The minimum Gasteiger partial charge on any atom is -0.236 e. The zero-order valence-corrected chi connectivity index (χ0v) is 71.6. The van der Waals surface area contributed by atoms with Crippen molar-refractivity contribution in [1.29, 1.82) is 0 Å². The first-order chi connectivity index (χ1) is 52.8. The van der Waals surface area contributed by atoms with Gasteiger partial charge < -0.3 is 0 Å². The van der Waals surface area contributed by atoms with Crippen LogP contribution >= 0.6 is 47.0 Å². The van der Waals surface area contributed by atoms with Gasteiger partial charge in [-0.25, -0.2) is 39.9 Å². The highest BCUT2D eigenvalue weighted by Crippen LogP contribution is 2.29. The van der Waals surface area contributed by atoms with Gasteiger partial charge in [-0.2, -0.15) is 0 Å². The standard InChI is InChI=1S/C26H40N2S.C24H36N2S.C23H34N2S.C22H32N2S/c1-3-5-7-9-10-12-14-20-29-25-18-16-24(17-19-25)26-27-21-23(22-28-26)15-13-11-8-6-4-2;1-3-5-7-8-9-10-12-18-27-23-16-14-22(15-17-23)24-25-19-21(20-26-24)13-11-6-4-2;1-3-5-7-8-9-10-11-17-26-22-15-13-21(14-16-22)23-24-18-20(19-25-23)12-6-4-2;1-3-5-6-7-8-9-10-16-25-21-14-12-20(13-15-21)22-23-17-19(11-4-2)18-24-22/h16-19,21-22H,3-15,20H2,1-2H3;14-17,19-20H,3-13,18H2,1-2H3;13-16,18-19H,3-12,17H2,1-2H3;12-15,17-18H,3-11,16H2,1-2H3. The van der Waals surface area contributed by atoms with Crippen molar-refractivity contribution in [3.8, 4) is 45.6 Å². The van der Waals surface area contributed by atoms with Gasteiger partial charge in [0.1, 0.15) is 0 Å². The maximum Gasteiger partial charge on any atom is 0.159 e. The third kappa shape index (κ3) is 43.7. The quantitative estimate of drug-likeness (QED) is 0.0268. The molecular weight excluding hydrogens is 1380 g/mol. The van der Waals surface area contributed by atoms with Gasteiger partial charge in [-0.15, -0.1) is 47.0 Å². The van der Waals surface area contributed by atoms with Gasteiger partial charge in [0.25, 0.3) is 0 Å². The topological polar surface area (TPSA) is 103 Å². The summed E-state index contributed by atoms with van der Waals surface area (Å²) in [4.78, 5) is 41.7. The monoisotopic (exact) mass is 1520 g/mol. The van der Waals surface area contributed by atoms with Crippen molar-refractivity contribution >= 4 is 47.0 Å². The molecule has 0 N–H and O–H groups in total. The molecule has 0 fully saturated rings. The second kappa shape index (κ2) is 63.3. The lowest BCUT2D eigenvalue weighted by atomic mass is 10.1. The van der Waals surface area contributed by atoms with Crippen molar-refractivity contribution in [2.24, 2.45) is 0 Å². The minimum absolute atomic E-state index is 0.823. The first-order valence-corrected chi connectivity index (χ1v) is 46.9. The second-order valence-corrected chi connectivity index (χ2v) is 33.8. The van der Waals surface area contributed by atoms with E-state index in [0.717, 1.165) is 77.7 Å². The molecule has 0 unspecified atom stereocenters. The fourth-order valence-corrected chi connectivity index (χ4v) is 16.2. The Balaban J connectivity index is 0.000000256. The molecule has 12 heteroatoms. The van der Waals surface area contributed by atoms with Gasteiger partial charge in [-0.1, -0.05) is 309 Å². The number of unbranched alkanes of at least 4 members (excludes halogenated alkanes) is 31. The molecule has 0 spiro atoms. The third-order valence-corrected chi connectivity index (χ3v) is 23.7. The minimum atomic E-state index is 0.823. The Labute approximate surface area is 670 Å². The largest absolute Gasteiger partial charge is 0.236 e. The summed E-state index contributed by atoms with van der Waals surface area (Å²) in [5.41, 5.74) is 9.37. The highest BCUT2D eigenvalue weighted by molar-refractivity contribution is 8.00. The fraction of sp³-hybridized carbons (Fsp3) is 0.579. The summed E-state index contributed by atoms with van der Waals surface area (Å²) < 4.78 is 0. The fourth-order valence-electron chi connectivity index (χ4n) is 12.5. The lowest BCUT2D eigenvalue weighted by molar-refractivity contribution is 0.603. The Bertz CT molecular complexity index is 3310. The van der Waals surface area contributed by atoms with E-state index in [-0.39, 0.29) is 0 Å². The molecule has 0 radical (unpaired) electrons. The molecule has 8 rings (SSSR count). The number of hydrogen-bond donors (Lipinski definition) is 0. The van der Waals surface area contributed by atoms with Gasteiger partial charge in [0, 0.05) is 91.4 Å².